The third-order valence-corrected chi connectivity index (χ3v) is 6.26. The molecule has 1 fully saturated rings. The zero-order valence-electron chi connectivity index (χ0n) is 19.6. The molecule has 0 unspecified atom stereocenters. The zero-order chi connectivity index (χ0) is 23.6. The molecule has 0 atom stereocenters. The first-order valence-corrected chi connectivity index (χ1v) is 12.2. The van der Waals surface area contributed by atoms with E-state index in [1.54, 1.807) is 6.20 Å². The summed E-state index contributed by atoms with van der Waals surface area (Å²) in [5.41, 5.74) is 3.03. The molecule has 1 aromatic heterocycles. The molecular formula is C23H34N6O3S. The van der Waals surface area contributed by atoms with Crippen LogP contribution in [0.2, 0.25) is 0 Å². The minimum absolute atomic E-state index is 0.319. The number of hydrogen-bond donors (Lipinski definition) is 3. The summed E-state index contributed by atoms with van der Waals surface area (Å²) >= 11 is 1.39. The average Bonchev–Trinajstić information content (AvgIpc) is 3.22. The Morgan fingerprint density at radius 3 is 2.73 bits per heavy atom. The molecule has 2 aromatic rings. The van der Waals surface area contributed by atoms with Gasteiger partial charge in [-0.3, -0.25) is 5.32 Å². The lowest BCUT2D eigenvalue weighted by molar-refractivity contribution is 0.137. The first-order valence-electron chi connectivity index (χ1n) is 11.3. The Bertz CT molecular complexity index is 927. The number of benzene rings is 1. The molecule has 0 aliphatic carbocycles. The molecule has 0 spiro atoms. The molecule has 9 nitrogen and oxygen atoms in total. The van der Waals surface area contributed by atoms with E-state index in [0.717, 1.165) is 29.3 Å². The van der Waals surface area contributed by atoms with Crippen molar-refractivity contribution >= 4 is 40.0 Å². The van der Waals surface area contributed by atoms with Crippen molar-refractivity contribution in [3.8, 4) is 0 Å². The molecule has 3 rings (SSSR count). The van der Waals surface area contributed by atoms with E-state index in [9.17, 15) is 9.59 Å². The molecule has 1 aliphatic heterocycles. The summed E-state index contributed by atoms with van der Waals surface area (Å²) in [6, 6.07) is 5.76. The number of aromatic nitrogens is 1. The van der Waals surface area contributed by atoms with Gasteiger partial charge >= 0.3 is 12.1 Å². The molecule has 180 valence electrons. The number of carbonyl (C=O) groups is 2. The number of alkyl carbamates (subject to hydrolysis) is 1. The second kappa shape index (κ2) is 12.4. The predicted molar refractivity (Wildman–Crippen MR) is 134 cm³/mol. The van der Waals surface area contributed by atoms with Crippen molar-refractivity contribution in [1.82, 2.24) is 15.2 Å². The number of nitrogens with one attached hydrogen (secondary N) is 3. The van der Waals surface area contributed by atoms with Crippen molar-refractivity contribution in [3.05, 3.63) is 34.8 Å². The van der Waals surface area contributed by atoms with Gasteiger partial charge < -0.3 is 25.2 Å². The molecule has 0 radical (unpaired) electrons. The van der Waals surface area contributed by atoms with Crippen LogP contribution in [0.3, 0.4) is 0 Å². The van der Waals surface area contributed by atoms with Crippen molar-refractivity contribution in [1.29, 1.82) is 0 Å². The lowest BCUT2D eigenvalue weighted by Crippen LogP contribution is -2.31. The molecule has 1 aromatic carbocycles. The lowest BCUT2D eigenvalue weighted by Gasteiger charge is -2.30. The number of urea groups is 1. The quantitative estimate of drug-likeness (QED) is 0.510. The van der Waals surface area contributed by atoms with Gasteiger partial charge in [0.2, 0.25) is 0 Å². The van der Waals surface area contributed by atoms with E-state index < -0.39 is 6.09 Å². The number of hydrogen-bond acceptors (Lipinski definition) is 7. The summed E-state index contributed by atoms with van der Waals surface area (Å²) in [6.45, 7) is 5.55. The summed E-state index contributed by atoms with van der Waals surface area (Å²) < 4.78 is 5.09. The second-order valence-electron chi connectivity index (χ2n) is 8.40. The first kappa shape index (κ1) is 24.8. The molecule has 3 amide bonds. The van der Waals surface area contributed by atoms with Crippen LogP contribution in [0, 0.1) is 6.92 Å². The third kappa shape index (κ3) is 8.21. The van der Waals surface area contributed by atoms with Gasteiger partial charge in [-0.1, -0.05) is 6.07 Å². The van der Waals surface area contributed by atoms with Crippen LogP contribution in [0.4, 0.5) is 26.1 Å². The Labute approximate surface area is 199 Å². The van der Waals surface area contributed by atoms with Gasteiger partial charge in [0.1, 0.15) is 6.61 Å². The van der Waals surface area contributed by atoms with Gasteiger partial charge in [0.15, 0.2) is 5.13 Å². The van der Waals surface area contributed by atoms with Crippen LogP contribution in [0.25, 0.3) is 0 Å². The fourth-order valence-electron chi connectivity index (χ4n) is 3.54. The highest BCUT2D eigenvalue weighted by molar-refractivity contribution is 7.15. The zero-order valence-corrected chi connectivity index (χ0v) is 20.5. The number of rotatable bonds is 9. The Morgan fingerprint density at radius 1 is 1.18 bits per heavy atom. The first-order chi connectivity index (χ1) is 15.9. The van der Waals surface area contributed by atoms with E-state index >= 15 is 0 Å². The number of piperidine rings is 1. The summed E-state index contributed by atoms with van der Waals surface area (Å²) in [6.07, 6.45) is 5.49. The number of thiazole rings is 1. The topological polar surface area (TPSA) is 98.8 Å². The highest BCUT2D eigenvalue weighted by Crippen LogP contribution is 2.30. The van der Waals surface area contributed by atoms with Crippen LogP contribution < -0.4 is 20.9 Å². The monoisotopic (exact) mass is 474 g/mol. The van der Waals surface area contributed by atoms with E-state index in [4.69, 9.17) is 4.74 Å². The van der Waals surface area contributed by atoms with Crippen molar-refractivity contribution < 1.29 is 14.3 Å². The van der Waals surface area contributed by atoms with E-state index in [1.165, 1.54) is 36.2 Å². The van der Waals surface area contributed by atoms with Crippen molar-refractivity contribution in [3.63, 3.8) is 0 Å². The van der Waals surface area contributed by atoms with Gasteiger partial charge in [0.25, 0.3) is 0 Å². The third-order valence-electron chi connectivity index (χ3n) is 5.28. The number of anilines is 3. The Hall–Kier alpha value is -2.85. The predicted octanol–water partition coefficient (Wildman–Crippen LogP) is 3.92. The molecule has 0 saturated carbocycles. The lowest BCUT2D eigenvalue weighted by atomic mass is 10.1. The second-order valence-corrected chi connectivity index (χ2v) is 9.51. The van der Waals surface area contributed by atoms with E-state index in [0.29, 0.717) is 31.2 Å². The molecule has 33 heavy (non-hydrogen) atoms. The summed E-state index contributed by atoms with van der Waals surface area (Å²) in [4.78, 5) is 33.8. The minimum atomic E-state index is -0.429. The van der Waals surface area contributed by atoms with Crippen LogP contribution in [0.5, 0.6) is 0 Å². The van der Waals surface area contributed by atoms with E-state index in [2.05, 4.69) is 38.8 Å². The number of carbonyl (C=O) groups excluding carboxylic acids is 2. The number of likely N-dealkylation sites (N-methyl/N-ethyl adjacent to an activating group) is 1. The number of nitrogens with zero attached hydrogens (tertiary/aromatic N) is 3. The molecule has 1 aliphatic rings. The fraction of sp³-hybridized carbons (Fsp3) is 0.522. The Kier molecular flexibility index (Phi) is 9.32. The van der Waals surface area contributed by atoms with Crippen molar-refractivity contribution in [2.24, 2.45) is 0 Å². The normalized spacial score (nSPS) is 13.6. The van der Waals surface area contributed by atoms with Gasteiger partial charge in [0, 0.05) is 43.7 Å². The van der Waals surface area contributed by atoms with Gasteiger partial charge in [-0.15, -0.1) is 11.3 Å². The highest BCUT2D eigenvalue weighted by Gasteiger charge is 2.17. The molecule has 3 N–H and O–H groups in total. The molecule has 10 heteroatoms. The van der Waals surface area contributed by atoms with Crippen LogP contribution >= 0.6 is 11.3 Å². The van der Waals surface area contributed by atoms with Crippen LogP contribution in [-0.4, -0.2) is 68.9 Å². The van der Waals surface area contributed by atoms with E-state index in [-0.39, 0.29) is 6.03 Å². The largest absolute Gasteiger partial charge is 0.448 e. The number of ether oxygens (including phenoxy) is 1. The molecule has 1 saturated heterocycles. The van der Waals surface area contributed by atoms with Gasteiger partial charge in [0.05, 0.1) is 11.4 Å². The highest BCUT2D eigenvalue weighted by atomic mass is 32.1. The van der Waals surface area contributed by atoms with Gasteiger partial charge in [-0.05, 0) is 58.0 Å². The summed E-state index contributed by atoms with van der Waals surface area (Å²) in [5, 5.41) is 9.03. The smallest absolute Gasteiger partial charge is 0.407 e. The van der Waals surface area contributed by atoms with Gasteiger partial charge in [-0.25, -0.2) is 14.6 Å². The van der Waals surface area contributed by atoms with Crippen LogP contribution in [0.1, 0.15) is 29.7 Å². The summed E-state index contributed by atoms with van der Waals surface area (Å²) in [7, 11) is 3.84. The Morgan fingerprint density at radius 2 is 1.97 bits per heavy atom. The minimum Gasteiger partial charge on any atom is -0.448 e. The number of amides is 3. The fourth-order valence-corrected chi connectivity index (χ4v) is 4.34. The van der Waals surface area contributed by atoms with Crippen LogP contribution in [0.15, 0.2) is 24.4 Å². The Balaban J connectivity index is 1.47. The van der Waals surface area contributed by atoms with Gasteiger partial charge in [-0.2, -0.15) is 0 Å². The maximum absolute atomic E-state index is 12.6. The SMILES string of the molecule is Cc1ccc(NC(=O)Nc2ncc(CCNC(=O)OCCN(C)C)s2)c(N2CCCCC2)c1. The number of aryl methyl sites for hydroxylation is 1. The maximum atomic E-state index is 12.6. The standard InChI is InChI=1S/C23H34N6O3S/c1-17-7-8-19(20(15-17)29-11-5-4-6-12-29)26-21(30)27-22-25-16-18(33-22)9-10-24-23(31)32-14-13-28(2)3/h7-8,15-16H,4-6,9-14H2,1-3H3,(H,24,31)(H2,25,26,27,30). The van der Waals surface area contributed by atoms with Crippen molar-refractivity contribution in [2.45, 2.75) is 32.6 Å². The molecule has 0 bridgehead atoms. The summed E-state index contributed by atoms with van der Waals surface area (Å²) in [5.74, 6) is 0. The maximum Gasteiger partial charge on any atom is 0.407 e. The van der Waals surface area contributed by atoms with Crippen molar-refractivity contribution in [2.75, 3.05) is 62.4 Å². The average molecular weight is 475 g/mol. The van der Waals surface area contributed by atoms with Crippen LogP contribution in [-0.2, 0) is 11.2 Å². The van der Waals surface area contributed by atoms with E-state index in [1.807, 2.05) is 31.1 Å². The molecular weight excluding hydrogens is 440 g/mol. The molecule has 2 heterocycles.